The Hall–Kier alpha value is -0.0400. The van der Waals surface area contributed by atoms with Gasteiger partial charge in [-0.15, -0.1) is 0 Å². The minimum Gasteiger partial charge on any atom is -0.328 e. The van der Waals surface area contributed by atoms with Crippen LogP contribution in [0, 0.1) is 5.41 Å². The van der Waals surface area contributed by atoms with E-state index in [1.54, 1.807) is 0 Å². The van der Waals surface area contributed by atoms with E-state index in [4.69, 9.17) is 5.73 Å². The normalized spacial score (nSPS) is 37.5. The molecule has 1 heteroatoms. The van der Waals surface area contributed by atoms with Crippen molar-refractivity contribution in [1.82, 2.24) is 0 Å². The number of hydrogen-bond acceptors (Lipinski definition) is 1. The summed E-state index contributed by atoms with van der Waals surface area (Å²) in [6.07, 6.45) is 9.92. The van der Waals surface area contributed by atoms with E-state index in [-0.39, 0.29) is 0 Å². The van der Waals surface area contributed by atoms with Crippen molar-refractivity contribution >= 4 is 0 Å². The lowest BCUT2D eigenvalue weighted by molar-refractivity contribution is 0.305. The Balaban J connectivity index is 2.03. The molecule has 0 aromatic heterocycles. The van der Waals surface area contributed by atoms with Gasteiger partial charge in [0.1, 0.15) is 0 Å². The van der Waals surface area contributed by atoms with E-state index in [2.05, 4.69) is 0 Å². The zero-order valence-electron chi connectivity index (χ0n) is 6.60. The van der Waals surface area contributed by atoms with E-state index in [0.717, 1.165) is 5.41 Å². The van der Waals surface area contributed by atoms with Crippen LogP contribution in [0.1, 0.15) is 44.9 Å². The first-order valence-corrected chi connectivity index (χ1v) is 4.56. The van der Waals surface area contributed by atoms with Crippen molar-refractivity contribution in [3.05, 3.63) is 0 Å². The lowest BCUT2D eigenvalue weighted by Crippen LogP contribution is -2.18. The summed E-state index contributed by atoms with van der Waals surface area (Å²) in [6, 6.07) is 0.540. The van der Waals surface area contributed by atoms with Gasteiger partial charge in [0.2, 0.25) is 0 Å². The molecule has 0 saturated heterocycles. The molecular formula is C9H17N. The third-order valence-electron chi connectivity index (χ3n) is 3.40. The van der Waals surface area contributed by atoms with Gasteiger partial charge < -0.3 is 5.73 Å². The summed E-state index contributed by atoms with van der Waals surface area (Å²) in [5.41, 5.74) is 6.62. The molecule has 0 aromatic carbocycles. The molecule has 0 heterocycles. The second-order valence-electron chi connectivity index (χ2n) is 4.21. The second-order valence-corrected chi connectivity index (χ2v) is 4.21. The Morgan fingerprint density at radius 1 is 1.10 bits per heavy atom. The molecular weight excluding hydrogens is 122 g/mol. The molecule has 1 spiro atoms. The first kappa shape index (κ1) is 6.66. The van der Waals surface area contributed by atoms with Gasteiger partial charge in [-0.25, -0.2) is 0 Å². The predicted octanol–water partition coefficient (Wildman–Crippen LogP) is 2.06. The average molecular weight is 139 g/mol. The van der Waals surface area contributed by atoms with Crippen LogP contribution in [0.25, 0.3) is 0 Å². The lowest BCUT2D eigenvalue weighted by Gasteiger charge is -2.21. The molecule has 2 aliphatic carbocycles. The summed E-state index contributed by atoms with van der Waals surface area (Å²) >= 11 is 0. The molecule has 2 saturated carbocycles. The monoisotopic (exact) mass is 139 g/mol. The highest BCUT2D eigenvalue weighted by Gasteiger charge is 2.39. The molecule has 0 bridgehead atoms. The maximum absolute atomic E-state index is 5.89. The minimum atomic E-state index is 0.540. The zero-order chi connectivity index (χ0) is 7.03. The Labute approximate surface area is 63.0 Å². The van der Waals surface area contributed by atoms with Gasteiger partial charge in [-0.1, -0.05) is 12.8 Å². The van der Waals surface area contributed by atoms with Crippen LogP contribution in [0.4, 0.5) is 0 Å². The Kier molecular flexibility index (Phi) is 1.48. The predicted molar refractivity (Wildman–Crippen MR) is 42.7 cm³/mol. The van der Waals surface area contributed by atoms with Crippen LogP contribution >= 0.6 is 0 Å². The largest absolute Gasteiger partial charge is 0.328 e. The molecule has 1 nitrogen and oxygen atoms in total. The second kappa shape index (κ2) is 2.23. The van der Waals surface area contributed by atoms with Gasteiger partial charge in [-0.3, -0.25) is 0 Å². The van der Waals surface area contributed by atoms with E-state index >= 15 is 0 Å². The molecule has 2 rings (SSSR count). The van der Waals surface area contributed by atoms with Crippen molar-refractivity contribution in [2.75, 3.05) is 0 Å². The van der Waals surface area contributed by atoms with Crippen LogP contribution in [0.3, 0.4) is 0 Å². The Morgan fingerprint density at radius 2 is 1.80 bits per heavy atom. The smallest absolute Gasteiger partial charge is 0.00443 e. The number of nitrogens with two attached hydrogens (primary N) is 1. The maximum atomic E-state index is 5.89. The van der Waals surface area contributed by atoms with Crippen LogP contribution in [-0.4, -0.2) is 6.04 Å². The van der Waals surface area contributed by atoms with Crippen LogP contribution < -0.4 is 5.73 Å². The third kappa shape index (κ3) is 0.968. The Morgan fingerprint density at radius 3 is 2.30 bits per heavy atom. The molecule has 0 aromatic rings. The van der Waals surface area contributed by atoms with E-state index < -0.39 is 0 Å². The SMILES string of the molecule is NC1CCC2(CCCC2)C1. The summed E-state index contributed by atoms with van der Waals surface area (Å²) < 4.78 is 0. The number of rotatable bonds is 0. The highest BCUT2D eigenvalue weighted by Crippen LogP contribution is 2.49. The van der Waals surface area contributed by atoms with E-state index in [0.29, 0.717) is 6.04 Å². The van der Waals surface area contributed by atoms with Gasteiger partial charge in [0.25, 0.3) is 0 Å². The van der Waals surface area contributed by atoms with Gasteiger partial charge in [0, 0.05) is 6.04 Å². The van der Waals surface area contributed by atoms with Gasteiger partial charge in [-0.2, -0.15) is 0 Å². The fourth-order valence-electron chi connectivity index (χ4n) is 2.83. The summed E-state index contributed by atoms with van der Waals surface area (Å²) in [7, 11) is 0. The quantitative estimate of drug-likeness (QED) is 0.546. The maximum Gasteiger partial charge on any atom is 0.00443 e. The molecule has 2 N–H and O–H groups in total. The van der Waals surface area contributed by atoms with Crippen LogP contribution in [0.15, 0.2) is 0 Å². The van der Waals surface area contributed by atoms with E-state index in [9.17, 15) is 0 Å². The van der Waals surface area contributed by atoms with Gasteiger partial charge in [0.05, 0.1) is 0 Å². The molecule has 0 aliphatic heterocycles. The molecule has 1 atom stereocenters. The topological polar surface area (TPSA) is 26.0 Å². The summed E-state index contributed by atoms with van der Waals surface area (Å²) in [5.74, 6) is 0. The van der Waals surface area contributed by atoms with Gasteiger partial charge in [0.15, 0.2) is 0 Å². The lowest BCUT2D eigenvalue weighted by atomic mass is 9.84. The van der Waals surface area contributed by atoms with Crippen LogP contribution in [-0.2, 0) is 0 Å². The van der Waals surface area contributed by atoms with Crippen molar-refractivity contribution in [3.63, 3.8) is 0 Å². The first-order valence-electron chi connectivity index (χ1n) is 4.56. The summed E-state index contributed by atoms with van der Waals surface area (Å²) in [6.45, 7) is 0. The Bertz CT molecular complexity index is 125. The zero-order valence-corrected chi connectivity index (χ0v) is 6.60. The summed E-state index contributed by atoms with van der Waals surface area (Å²) in [4.78, 5) is 0. The average Bonchev–Trinajstić information content (AvgIpc) is 2.46. The molecule has 0 radical (unpaired) electrons. The van der Waals surface area contributed by atoms with Crippen molar-refractivity contribution < 1.29 is 0 Å². The van der Waals surface area contributed by atoms with Crippen molar-refractivity contribution in [2.24, 2.45) is 11.1 Å². The van der Waals surface area contributed by atoms with E-state index in [1.807, 2.05) is 0 Å². The highest BCUT2D eigenvalue weighted by molar-refractivity contribution is 4.93. The van der Waals surface area contributed by atoms with Crippen LogP contribution in [0.5, 0.6) is 0 Å². The fourth-order valence-corrected chi connectivity index (χ4v) is 2.83. The molecule has 58 valence electrons. The molecule has 2 aliphatic rings. The van der Waals surface area contributed by atoms with Crippen molar-refractivity contribution in [2.45, 2.75) is 51.0 Å². The third-order valence-corrected chi connectivity index (χ3v) is 3.40. The molecule has 1 unspecified atom stereocenters. The molecule has 10 heavy (non-hydrogen) atoms. The first-order chi connectivity index (χ1) is 4.81. The minimum absolute atomic E-state index is 0.540. The van der Waals surface area contributed by atoms with Crippen LogP contribution in [0.2, 0.25) is 0 Å². The molecule has 0 amide bonds. The van der Waals surface area contributed by atoms with Crippen molar-refractivity contribution in [3.8, 4) is 0 Å². The van der Waals surface area contributed by atoms with Gasteiger partial charge >= 0.3 is 0 Å². The fraction of sp³-hybridized carbons (Fsp3) is 1.00. The highest BCUT2D eigenvalue weighted by atomic mass is 14.7. The molecule has 2 fully saturated rings. The number of hydrogen-bond donors (Lipinski definition) is 1. The standard InChI is InChI=1S/C9H17N/c10-8-3-6-9(7-8)4-1-2-5-9/h8H,1-7,10H2. The van der Waals surface area contributed by atoms with Gasteiger partial charge in [-0.05, 0) is 37.5 Å². The van der Waals surface area contributed by atoms with Crippen molar-refractivity contribution in [1.29, 1.82) is 0 Å². The summed E-state index contributed by atoms with van der Waals surface area (Å²) in [5, 5.41) is 0. The van der Waals surface area contributed by atoms with E-state index in [1.165, 1.54) is 44.9 Å².